The van der Waals surface area contributed by atoms with E-state index in [-0.39, 0.29) is 33.7 Å². The van der Waals surface area contributed by atoms with Gasteiger partial charge in [0.15, 0.2) is 55.9 Å². The minimum atomic E-state index is -6.75. The van der Waals surface area contributed by atoms with Gasteiger partial charge in [0.2, 0.25) is 0 Å². The molecule has 7 aromatic carbocycles. The molecule has 1 aliphatic rings. The summed E-state index contributed by atoms with van der Waals surface area (Å²) in [5, 5.41) is -11.1. The SMILES string of the molecule is CC(C)(C)Oc1ccc([S+](c2ccccc2)c2ccccc2)cc1.CC(OCCOC1CCC(c2ccccc2)CC1)Oc1ccc([S+](c2ccccc2)c2ccccc2)cc1.CCC(C)(C)C(=O)OCCC(=O)OC(C(F)(F)F)C(F)(F)S(=O)(=O)[O-].CCC(C)(C)C(=O)OCCOC(=O)C(F)(F)S(=O)(=O)[O-]. The molecule has 0 radical (unpaired) electrons. The van der Waals surface area contributed by atoms with Crippen molar-refractivity contribution in [3.8, 4) is 11.5 Å². The summed E-state index contributed by atoms with van der Waals surface area (Å²) in [6.45, 7) is 16.8. The Balaban J connectivity index is 0.000000265. The van der Waals surface area contributed by atoms with Crippen LogP contribution in [0.25, 0.3) is 0 Å². The highest BCUT2D eigenvalue weighted by Gasteiger charge is 2.63. The van der Waals surface area contributed by atoms with Crippen LogP contribution >= 0.6 is 0 Å². The highest BCUT2D eigenvalue weighted by molar-refractivity contribution is 7.97. The Morgan fingerprint density at radius 1 is 0.467 bits per heavy atom. The highest BCUT2D eigenvalue weighted by atomic mass is 32.2. The number of ether oxygens (including phenoxy) is 8. The Morgan fingerprint density at radius 2 is 0.832 bits per heavy atom. The predicted molar refractivity (Wildman–Crippen MR) is 388 cm³/mol. The van der Waals surface area contributed by atoms with E-state index in [1.54, 1.807) is 27.7 Å². The van der Waals surface area contributed by atoms with Crippen molar-refractivity contribution < 1.29 is 114 Å². The maximum absolute atomic E-state index is 13.1. The van der Waals surface area contributed by atoms with Crippen LogP contribution in [0.4, 0.5) is 30.7 Å². The van der Waals surface area contributed by atoms with Gasteiger partial charge in [0.1, 0.15) is 36.9 Å². The van der Waals surface area contributed by atoms with Crippen LogP contribution in [-0.4, -0.2) is 124 Å². The van der Waals surface area contributed by atoms with E-state index in [0.29, 0.717) is 38.1 Å². The summed E-state index contributed by atoms with van der Waals surface area (Å²) in [6.07, 6.45) is -6.09. The van der Waals surface area contributed by atoms with Crippen LogP contribution in [0.1, 0.15) is 126 Å². The quantitative estimate of drug-likeness (QED) is 0.00771. The molecule has 584 valence electrons. The van der Waals surface area contributed by atoms with Gasteiger partial charge < -0.3 is 47.0 Å². The van der Waals surface area contributed by atoms with Gasteiger partial charge in [0.05, 0.1) is 58.4 Å². The van der Waals surface area contributed by atoms with Gasteiger partial charge in [-0.1, -0.05) is 117 Å². The Kier molecular flexibility index (Phi) is 34.3. The van der Waals surface area contributed by atoms with Crippen molar-refractivity contribution in [2.24, 2.45) is 10.8 Å². The lowest BCUT2D eigenvalue weighted by molar-refractivity contribution is -0.259. The molecular weight excluding hydrogens is 1490 g/mol. The molecule has 0 bridgehead atoms. The van der Waals surface area contributed by atoms with Crippen LogP contribution in [-0.2, 0) is 89.6 Å². The molecule has 2 atom stereocenters. The maximum Gasteiger partial charge on any atom is 0.432 e. The largest absolute Gasteiger partial charge is 0.743 e. The topological polar surface area (TPSA) is 257 Å². The number of hydrogen-bond acceptors (Lipinski definition) is 18. The van der Waals surface area contributed by atoms with Gasteiger partial charge in [-0.05, 0) is 202 Å². The van der Waals surface area contributed by atoms with E-state index in [2.05, 4.69) is 228 Å². The molecule has 8 rings (SSSR count). The number of carbonyl (C=O) groups excluding carboxylic acids is 4. The van der Waals surface area contributed by atoms with E-state index in [1.807, 2.05) is 19.1 Å². The summed E-state index contributed by atoms with van der Waals surface area (Å²) in [6, 6.07) is 70.5. The third-order valence-corrected chi connectivity index (χ3v) is 22.3. The van der Waals surface area contributed by atoms with Gasteiger partial charge in [-0.2, -0.15) is 30.7 Å². The average Bonchev–Trinajstić information content (AvgIpc) is 0.780. The molecule has 1 aliphatic carbocycles. The smallest absolute Gasteiger partial charge is 0.432 e. The van der Waals surface area contributed by atoms with Gasteiger partial charge in [0.25, 0.3) is 6.10 Å². The number of alkyl halides is 7. The first-order chi connectivity index (χ1) is 50.1. The molecular formula is C78H91F7O18S4. The lowest BCUT2D eigenvalue weighted by atomic mass is 9.83. The second-order valence-corrected chi connectivity index (χ2v) is 33.3. The van der Waals surface area contributed by atoms with E-state index in [1.165, 1.54) is 61.6 Å². The number of hydrogen-bond donors (Lipinski definition) is 0. The Hall–Kier alpha value is -8.03. The van der Waals surface area contributed by atoms with Crippen molar-refractivity contribution in [3.63, 3.8) is 0 Å². The Morgan fingerprint density at radius 3 is 1.20 bits per heavy atom. The van der Waals surface area contributed by atoms with Crippen molar-refractivity contribution in [2.75, 3.05) is 33.0 Å². The van der Waals surface area contributed by atoms with E-state index in [0.717, 1.165) is 24.3 Å². The molecule has 1 fully saturated rings. The fourth-order valence-corrected chi connectivity index (χ4v) is 14.5. The minimum Gasteiger partial charge on any atom is -0.743 e. The predicted octanol–water partition coefficient (Wildman–Crippen LogP) is 16.8. The molecule has 0 saturated heterocycles. The van der Waals surface area contributed by atoms with E-state index >= 15 is 0 Å². The van der Waals surface area contributed by atoms with Crippen LogP contribution < -0.4 is 9.47 Å². The fraction of sp³-hybridized carbons (Fsp3) is 0.410. The maximum atomic E-state index is 13.1. The van der Waals surface area contributed by atoms with Crippen molar-refractivity contribution in [2.45, 2.75) is 190 Å². The summed E-state index contributed by atoms with van der Waals surface area (Å²) in [5.74, 6) is -3.45. The van der Waals surface area contributed by atoms with Crippen molar-refractivity contribution in [1.82, 2.24) is 0 Å². The first-order valence-corrected chi connectivity index (χ1v) is 39.4. The van der Waals surface area contributed by atoms with Crippen LogP contribution in [0.3, 0.4) is 0 Å². The van der Waals surface area contributed by atoms with Gasteiger partial charge in [-0.15, -0.1) is 0 Å². The number of benzene rings is 7. The molecule has 7 aromatic rings. The third kappa shape index (κ3) is 28.8. The van der Waals surface area contributed by atoms with Crippen LogP contribution in [0, 0.1) is 10.8 Å². The van der Waals surface area contributed by atoms with E-state index in [9.17, 15) is 75.9 Å². The first-order valence-electron chi connectivity index (χ1n) is 34.1. The lowest BCUT2D eigenvalue weighted by Gasteiger charge is -2.29. The average molecular weight is 1580 g/mol. The van der Waals surface area contributed by atoms with E-state index in [4.69, 9.17) is 18.9 Å². The normalized spacial score (nSPS) is 14.9. The van der Waals surface area contributed by atoms with Crippen molar-refractivity contribution in [1.29, 1.82) is 0 Å². The molecule has 0 heterocycles. The number of halogens is 7. The molecule has 2 unspecified atom stereocenters. The Bertz CT molecular complexity index is 4000. The van der Waals surface area contributed by atoms with Crippen LogP contribution in [0.2, 0.25) is 0 Å². The zero-order valence-corrected chi connectivity index (χ0v) is 64.2. The van der Waals surface area contributed by atoms with Crippen molar-refractivity contribution >= 4 is 65.9 Å². The summed E-state index contributed by atoms with van der Waals surface area (Å²) >= 11 is 0. The van der Waals surface area contributed by atoms with Gasteiger partial charge >= 0.3 is 40.6 Å². The summed E-state index contributed by atoms with van der Waals surface area (Å²) < 4.78 is 191. The second kappa shape index (κ2) is 41.0. The molecule has 18 nitrogen and oxygen atoms in total. The highest BCUT2D eigenvalue weighted by Crippen LogP contribution is 2.40. The molecule has 0 N–H and O–H groups in total. The molecule has 0 aliphatic heterocycles. The molecule has 0 spiro atoms. The third-order valence-electron chi connectivity index (χ3n) is 16.2. The number of carbonyl (C=O) groups is 4. The number of esters is 4. The minimum absolute atomic E-state index is 0.102. The fourth-order valence-electron chi connectivity index (χ4n) is 9.65. The summed E-state index contributed by atoms with van der Waals surface area (Å²) in [4.78, 5) is 52.8. The van der Waals surface area contributed by atoms with Crippen LogP contribution in [0.15, 0.2) is 230 Å². The molecule has 1 saturated carbocycles. The zero-order valence-electron chi connectivity index (χ0n) is 61.0. The van der Waals surface area contributed by atoms with Gasteiger partial charge in [-0.25, -0.2) is 21.6 Å². The van der Waals surface area contributed by atoms with Crippen LogP contribution in [0.5, 0.6) is 11.5 Å². The van der Waals surface area contributed by atoms with E-state index < -0.39 is 104 Å². The molecule has 0 aromatic heterocycles. The van der Waals surface area contributed by atoms with Gasteiger partial charge in [-0.3, -0.25) is 14.4 Å². The summed E-state index contributed by atoms with van der Waals surface area (Å²) in [7, 11) is -13.2. The molecule has 0 amide bonds. The molecule has 29 heteroatoms. The second-order valence-electron chi connectivity index (χ2n) is 26.4. The van der Waals surface area contributed by atoms with Crippen molar-refractivity contribution in [3.05, 3.63) is 206 Å². The Labute approximate surface area is 627 Å². The van der Waals surface area contributed by atoms with Gasteiger partial charge in [0, 0.05) is 0 Å². The molecule has 107 heavy (non-hydrogen) atoms. The standard InChI is InChI=1S/C34H37O3S.C22H23OS.C12H17F5O7S.C10H16F2O7S/c1-27(35-25-26-36-30-19-17-29(18-20-30)28-11-5-2-6-12-28)37-31-21-23-34(24-22-31)38(32-13-7-3-8-14-32)33-15-9-4-10-16-33;1-22(2,3)23-18-14-16-21(17-15-18)24(19-10-6-4-7-11-19)20-12-8-5-9-13-20;1-4-10(2,3)9(19)23-6-5-7(18)24-8(11(13,14)15)12(16,17)25(20,21)22;1-4-9(2,3)7(13)18-5-6-19-8(14)10(11,12)20(15,16)17/h2-16,21-24,27,29-30H,17-20,25-26H2,1H3;4-17H,1-3H3;8H,4-6H2,1-3H3,(H,20,21,22);4-6H2,1-3H3,(H,15,16,17)/q2*+1;;/p-2. The summed E-state index contributed by atoms with van der Waals surface area (Å²) in [5.41, 5.74) is -0.444. The zero-order chi connectivity index (χ0) is 79.4. The number of rotatable bonds is 30. The first kappa shape index (κ1) is 89.6. The lowest BCUT2D eigenvalue weighted by Crippen LogP contribution is -2.52. The monoisotopic (exact) mass is 1580 g/mol.